The summed E-state index contributed by atoms with van der Waals surface area (Å²) in [6.07, 6.45) is 7.58. The quantitative estimate of drug-likeness (QED) is 0.423. The van der Waals surface area contributed by atoms with E-state index in [0.29, 0.717) is 6.42 Å². The van der Waals surface area contributed by atoms with E-state index in [9.17, 15) is 14.0 Å². The normalized spacial score (nSPS) is 14.1. The third kappa shape index (κ3) is 12.5. The molecule has 0 aliphatic rings. The van der Waals surface area contributed by atoms with Gasteiger partial charge >= 0.3 is 0 Å². The van der Waals surface area contributed by atoms with Crippen LogP contribution < -0.4 is 14.0 Å². The third-order valence-electron chi connectivity index (χ3n) is 2.25. The predicted molar refractivity (Wildman–Crippen MR) is 53.6 cm³/mol. The molecule has 1 atom stereocenters. The first-order valence-corrected chi connectivity index (χ1v) is 7.32. The maximum Gasteiger partial charge on any atom is 0.219 e. The second kappa shape index (κ2) is 9.45. The van der Waals surface area contributed by atoms with Crippen molar-refractivity contribution >= 4 is 11.6 Å². The average molecular weight is 275 g/mol. The molecule has 0 aromatic carbocycles. The highest BCUT2D eigenvalue weighted by molar-refractivity contribution is 6.20. The molecule has 0 aromatic rings. The molecule has 0 heterocycles. The van der Waals surface area contributed by atoms with E-state index in [-0.39, 0.29) is 6.61 Å². The van der Waals surface area contributed by atoms with E-state index in [2.05, 4.69) is 11.2 Å². The number of alkyl halides is 1. The van der Waals surface area contributed by atoms with Crippen LogP contribution in [0.15, 0.2) is 0 Å². The maximum atomic E-state index is 10.1. The lowest BCUT2D eigenvalue weighted by atomic mass is 10.1. The SMILES string of the molecule is CCCCCCCCC(Cl)CO[Cl+3]([O-])([O-])[O-]. The van der Waals surface area contributed by atoms with Gasteiger partial charge in [0.25, 0.3) is 0 Å². The molecule has 1 unspecified atom stereocenters. The highest BCUT2D eigenvalue weighted by Crippen LogP contribution is 2.12. The van der Waals surface area contributed by atoms with Crippen molar-refractivity contribution in [2.75, 3.05) is 6.61 Å². The highest BCUT2D eigenvalue weighted by Gasteiger charge is 2.20. The van der Waals surface area contributed by atoms with E-state index in [1.165, 1.54) is 25.7 Å². The second-order valence-corrected chi connectivity index (χ2v) is 5.40. The molecule has 6 heteroatoms. The van der Waals surface area contributed by atoms with Crippen LogP contribution in [0.4, 0.5) is 0 Å². The van der Waals surface area contributed by atoms with Crippen LogP contribution in [0.1, 0.15) is 51.9 Å². The monoisotopic (exact) mass is 274 g/mol. The molecule has 98 valence electrons. The molecule has 0 saturated heterocycles. The fourth-order valence-corrected chi connectivity index (χ4v) is 1.96. The van der Waals surface area contributed by atoms with Gasteiger partial charge in [-0.1, -0.05) is 45.4 Å². The molecule has 0 bridgehead atoms. The third-order valence-corrected chi connectivity index (χ3v) is 2.99. The molecule has 0 rings (SSSR count). The standard InChI is InChI=1S/C10H20Cl2O4/c1-2-3-4-5-6-7-8-10(11)9-16-12(13,14)15/h10H,2-9H2,1H3. The first-order valence-electron chi connectivity index (χ1n) is 5.65. The predicted octanol–water partition coefficient (Wildman–Crippen LogP) is 0.258. The van der Waals surface area contributed by atoms with Crippen molar-refractivity contribution in [3.63, 3.8) is 0 Å². The molecule has 0 saturated carbocycles. The van der Waals surface area contributed by atoms with Crippen LogP contribution in [0.25, 0.3) is 0 Å². The first-order chi connectivity index (χ1) is 7.45. The fraction of sp³-hybridized carbons (Fsp3) is 1.00. The zero-order valence-electron chi connectivity index (χ0n) is 9.62. The number of rotatable bonds is 10. The topological polar surface area (TPSA) is 78.4 Å². The van der Waals surface area contributed by atoms with Gasteiger partial charge in [0.1, 0.15) is 0 Å². The van der Waals surface area contributed by atoms with E-state index in [4.69, 9.17) is 11.6 Å². The van der Waals surface area contributed by atoms with Gasteiger partial charge in [-0.25, -0.2) is 0 Å². The molecule has 0 aliphatic carbocycles. The molecular weight excluding hydrogens is 255 g/mol. The second-order valence-electron chi connectivity index (χ2n) is 3.81. The summed E-state index contributed by atoms with van der Waals surface area (Å²) in [6.45, 7) is 1.93. The first kappa shape index (κ1) is 16.4. The summed E-state index contributed by atoms with van der Waals surface area (Å²) in [4.78, 5) is 0. The Morgan fingerprint density at radius 1 is 1.06 bits per heavy atom. The van der Waals surface area contributed by atoms with Crippen molar-refractivity contribution in [1.29, 1.82) is 0 Å². The average Bonchev–Trinajstić information content (AvgIpc) is 2.19. The van der Waals surface area contributed by atoms with Gasteiger partial charge in [0.15, 0.2) is 0 Å². The minimum atomic E-state index is -4.33. The number of unbranched alkanes of at least 4 members (excludes halogenated alkanes) is 5. The van der Waals surface area contributed by atoms with Crippen LogP contribution in [0, 0.1) is 10.2 Å². The van der Waals surface area contributed by atoms with Gasteiger partial charge in [-0.3, -0.25) is 0 Å². The molecule has 4 nitrogen and oxygen atoms in total. The van der Waals surface area contributed by atoms with Crippen LogP contribution in [0.3, 0.4) is 0 Å². The van der Waals surface area contributed by atoms with Crippen LogP contribution in [-0.2, 0) is 4.29 Å². The van der Waals surface area contributed by atoms with E-state index >= 15 is 0 Å². The number of hydrogen-bond acceptors (Lipinski definition) is 4. The van der Waals surface area contributed by atoms with Crippen molar-refractivity contribution in [2.24, 2.45) is 0 Å². The number of hydrogen-bond donors (Lipinski definition) is 0. The highest BCUT2D eigenvalue weighted by atomic mass is 35.7. The van der Waals surface area contributed by atoms with Gasteiger partial charge in [-0.2, -0.15) is 14.0 Å². The van der Waals surface area contributed by atoms with Crippen molar-refractivity contribution in [3.8, 4) is 0 Å². The summed E-state index contributed by atoms with van der Waals surface area (Å²) in [5.74, 6) is 0. The zero-order chi connectivity index (χ0) is 12.4. The molecule has 0 amide bonds. The molecular formula is C10H20Cl2O4. The van der Waals surface area contributed by atoms with E-state index < -0.39 is 15.6 Å². The van der Waals surface area contributed by atoms with Crippen LogP contribution in [0.2, 0.25) is 0 Å². The van der Waals surface area contributed by atoms with Gasteiger partial charge in [0.05, 0.1) is 19.9 Å². The molecule has 0 aromatic heterocycles. The molecule has 0 N–H and O–H groups in total. The fourth-order valence-electron chi connectivity index (χ4n) is 1.37. The summed E-state index contributed by atoms with van der Waals surface area (Å²) < 4.78 is 34.4. The summed E-state index contributed by atoms with van der Waals surface area (Å²) in [6, 6.07) is 0. The van der Waals surface area contributed by atoms with Crippen molar-refractivity contribution in [3.05, 3.63) is 0 Å². The minimum absolute atomic E-state index is 0.232. The van der Waals surface area contributed by atoms with Gasteiger partial charge in [-0.15, -0.1) is 11.6 Å². The molecule has 0 aliphatic heterocycles. The molecule has 0 fully saturated rings. The van der Waals surface area contributed by atoms with E-state index in [1.807, 2.05) is 0 Å². The lowest BCUT2D eigenvalue weighted by Crippen LogP contribution is -2.61. The Morgan fingerprint density at radius 2 is 1.62 bits per heavy atom. The summed E-state index contributed by atoms with van der Waals surface area (Å²) >= 11 is 5.79. The molecule has 0 spiro atoms. The molecule has 16 heavy (non-hydrogen) atoms. The Morgan fingerprint density at radius 3 is 2.19 bits per heavy atom. The lowest BCUT2D eigenvalue weighted by Gasteiger charge is -2.14. The number of halogens is 2. The summed E-state index contributed by atoms with van der Waals surface area (Å²) in [5, 5.41) is -0.401. The van der Waals surface area contributed by atoms with Crippen LogP contribution >= 0.6 is 11.6 Å². The van der Waals surface area contributed by atoms with Gasteiger partial charge in [0.2, 0.25) is 6.61 Å². The smallest absolute Gasteiger partial charge is 0.183 e. The Bertz CT molecular complexity index is 161. The van der Waals surface area contributed by atoms with Crippen molar-refractivity contribution in [2.45, 2.75) is 57.2 Å². The van der Waals surface area contributed by atoms with Crippen molar-refractivity contribution in [1.82, 2.24) is 0 Å². The van der Waals surface area contributed by atoms with Gasteiger partial charge in [0, 0.05) is 0 Å². The minimum Gasteiger partial charge on any atom is -0.183 e. The van der Waals surface area contributed by atoms with Gasteiger partial charge in [-0.05, 0) is 6.42 Å². The summed E-state index contributed by atoms with van der Waals surface area (Å²) in [7, 11) is -4.33. The Labute approximate surface area is 104 Å². The van der Waals surface area contributed by atoms with Crippen LogP contribution in [0.5, 0.6) is 0 Å². The zero-order valence-corrected chi connectivity index (χ0v) is 11.1. The van der Waals surface area contributed by atoms with E-state index in [1.54, 1.807) is 0 Å². The Kier molecular flexibility index (Phi) is 9.70. The van der Waals surface area contributed by atoms with Gasteiger partial charge < -0.3 is 0 Å². The van der Waals surface area contributed by atoms with Crippen LogP contribution in [-0.4, -0.2) is 12.0 Å². The van der Waals surface area contributed by atoms with E-state index in [0.717, 1.165) is 12.8 Å². The summed E-state index contributed by atoms with van der Waals surface area (Å²) in [5.41, 5.74) is 0. The lowest BCUT2D eigenvalue weighted by molar-refractivity contribution is -1.92. The maximum absolute atomic E-state index is 10.1. The Hall–Kier alpha value is 0.420. The Balaban J connectivity index is 3.27. The largest absolute Gasteiger partial charge is 0.219 e. The van der Waals surface area contributed by atoms with Crippen molar-refractivity contribution < 1.29 is 28.5 Å². The molecule has 0 radical (unpaired) electrons.